The van der Waals surface area contributed by atoms with Crippen molar-refractivity contribution in [3.63, 3.8) is 0 Å². The molecule has 3 nitrogen and oxygen atoms in total. The van der Waals surface area contributed by atoms with Crippen LogP contribution in [0.15, 0.2) is 24.0 Å². The van der Waals surface area contributed by atoms with E-state index in [2.05, 4.69) is 4.74 Å². The topological polar surface area (TPSA) is 38.7 Å². The molecule has 6 heteroatoms. The first-order valence-corrected chi connectivity index (χ1v) is 4.16. The van der Waals surface area contributed by atoms with Crippen LogP contribution in [0.5, 0.6) is 0 Å². The zero-order valence-corrected chi connectivity index (χ0v) is 8.21. The van der Waals surface area contributed by atoms with Crippen LogP contribution in [0.1, 0.15) is 6.92 Å². The SMILES string of the molecule is COC1=CC=CC(C)(O)C1OC(F)(F)F. The van der Waals surface area contributed by atoms with E-state index < -0.39 is 18.1 Å². The normalized spacial score (nSPS) is 31.3. The summed E-state index contributed by atoms with van der Waals surface area (Å²) in [5.41, 5.74) is -1.74. The van der Waals surface area contributed by atoms with Gasteiger partial charge in [0.25, 0.3) is 0 Å². The molecule has 2 atom stereocenters. The maximum Gasteiger partial charge on any atom is 0.523 e. The van der Waals surface area contributed by atoms with Crippen molar-refractivity contribution in [1.82, 2.24) is 0 Å². The number of ether oxygens (including phenoxy) is 2. The second kappa shape index (κ2) is 3.86. The lowest BCUT2D eigenvalue weighted by Gasteiger charge is -2.33. The van der Waals surface area contributed by atoms with Gasteiger partial charge in [0.1, 0.15) is 11.4 Å². The second-order valence-corrected chi connectivity index (χ2v) is 3.30. The summed E-state index contributed by atoms with van der Waals surface area (Å²) in [6, 6.07) is 0. The Balaban J connectivity index is 2.91. The van der Waals surface area contributed by atoms with Crippen molar-refractivity contribution in [3.8, 4) is 0 Å². The van der Waals surface area contributed by atoms with Crippen molar-refractivity contribution in [2.75, 3.05) is 7.11 Å². The van der Waals surface area contributed by atoms with Crippen LogP contribution in [0.25, 0.3) is 0 Å². The number of hydrogen-bond acceptors (Lipinski definition) is 3. The molecule has 0 saturated heterocycles. The fraction of sp³-hybridized carbons (Fsp3) is 0.556. The monoisotopic (exact) mass is 224 g/mol. The lowest BCUT2D eigenvalue weighted by atomic mass is 9.93. The van der Waals surface area contributed by atoms with Gasteiger partial charge in [0.05, 0.1) is 7.11 Å². The zero-order valence-electron chi connectivity index (χ0n) is 8.21. The van der Waals surface area contributed by atoms with Crippen LogP contribution in [0.3, 0.4) is 0 Å². The summed E-state index contributed by atoms with van der Waals surface area (Å²) in [6.45, 7) is 1.21. The van der Waals surface area contributed by atoms with E-state index in [4.69, 9.17) is 4.74 Å². The second-order valence-electron chi connectivity index (χ2n) is 3.30. The molecule has 0 aromatic heterocycles. The van der Waals surface area contributed by atoms with E-state index in [0.29, 0.717) is 0 Å². The van der Waals surface area contributed by atoms with Crippen molar-refractivity contribution in [2.24, 2.45) is 0 Å². The first-order valence-electron chi connectivity index (χ1n) is 4.16. The third-order valence-corrected chi connectivity index (χ3v) is 1.97. The summed E-state index contributed by atoms with van der Waals surface area (Å²) in [4.78, 5) is 0. The fourth-order valence-electron chi connectivity index (χ4n) is 1.29. The van der Waals surface area contributed by atoms with Gasteiger partial charge in [0, 0.05) is 0 Å². The third kappa shape index (κ3) is 2.97. The molecule has 1 rings (SSSR count). The minimum atomic E-state index is -4.82. The minimum absolute atomic E-state index is 0.0696. The fourth-order valence-corrected chi connectivity index (χ4v) is 1.29. The first kappa shape index (κ1) is 12.1. The number of methoxy groups -OCH3 is 1. The van der Waals surface area contributed by atoms with Gasteiger partial charge >= 0.3 is 6.36 Å². The summed E-state index contributed by atoms with van der Waals surface area (Å²) >= 11 is 0. The van der Waals surface area contributed by atoms with Crippen LogP contribution >= 0.6 is 0 Å². The molecule has 0 fully saturated rings. The van der Waals surface area contributed by atoms with Gasteiger partial charge in [-0.1, -0.05) is 12.2 Å². The molecule has 2 unspecified atom stereocenters. The molecule has 0 heterocycles. The highest BCUT2D eigenvalue weighted by Gasteiger charge is 2.44. The molecule has 1 aliphatic rings. The van der Waals surface area contributed by atoms with Gasteiger partial charge in [-0.15, -0.1) is 13.2 Å². The molecule has 0 aromatic rings. The standard InChI is InChI=1S/C9H11F3O3/c1-8(13)5-3-4-6(14-2)7(8)15-9(10,11)12/h3-5,7,13H,1-2H3. The Labute approximate surface area is 84.8 Å². The Hall–Kier alpha value is -1.01. The molecule has 0 aliphatic heterocycles. The van der Waals surface area contributed by atoms with E-state index in [1.165, 1.54) is 32.3 Å². The molecule has 0 amide bonds. The van der Waals surface area contributed by atoms with Crippen LogP contribution in [0, 0.1) is 0 Å². The van der Waals surface area contributed by atoms with Crippen LogP contribution in [-0.2, 0) is 9.47 Å². The predicted molar refractivity (Wildman–Crippen MR) is 45.8 cm³/mol. The van der Waals surface area contributed by atoms with Crippen LogP contribution in [0.2, 0.25) is 0 Å². The smallest absolute Gasteiger partial charge is 0.498 e. The van der Waals surface area contributed by atoms with Crippen LogP contribution in [0.4, 0.5) is 13.2 Å². The first-order chi connectivity index (χ1) is 6.76. The number of aliphatic hydroxyl groups is 1. The van der Waals surface area contributed by atoms with Gasteiger partial charge in [0.15, 0.2) is 6.10 Å². The maximum atomic E-state index is 12.1. The quantitative estimate of drug-likeness (QED) is 0.776. The molecule has 1 N–H and O–H groups in total. The third-order valence-electron chi connectivity index (χ3n) is 1.97. The summed E-state index contributed by atoms with van der Waals surface area (Å²) in [5, 5.41) is 9.67. The summed E-state index contributed by atoms with van der Waals surface area (Å²) in [6.07, 6.45) is -2.46. The highest BCUT2D eigenvalue weighted by Crippen LogP contribution is 2.32. The minimum Gasteiger partial charge on any atom is -0.498 e. The van der Waals surface area contributed by atoms with Crippen molar-refractivity contribution >= 4 is 0 Å². The Morgan fingerprint density at radius 1 is 1.47 bits per heavy atom. The van der Waals surface area contributed by atoms with E-state index >= 15 is 0 Å². The van der Waals surface area contributed by atoms with E-state index in [0.717, 1.165) is 0 Å². The molecule has 15 heavy (non-hydrogen) atoms. The number of alkyl halides is 3. The van der Waals surface area contributed by atoms with E-state index in [9.17, 15) is 18.3 Å². The summed E-state index contributed by atoms with van der Waals surface area (Å²) in [5.74, 6) is -0.0696. The highest BCUT2D eigenvalue weighted by molar-refractivity contribution is 5.26. The van der Waals surface area contributed by atoms with E-state index in [-0.39, 0.29) is 5.76 Å². The molecule has 0 radical (unpaired) electrons. The van der Waals surface area contributed by atoms with Gasteiger partial charge in [-0.05, 0) is 13.0 Å². The molecule has 0 saturated carbocycles. The number of rotatable bonds is 2. The molecule has 0 aromatic carbocycles. The maximum absolute atomic E-state index is 12.1. The number of halogens is 3. The predicted octanol–water partition coefficient (Wildman–Crippen LogP) is 1.74. The van der Waals surface area contributed by atoms with E-state index in [1.807, 2.05) is 0 Å². The van der Waals surface area contributed by atoms with Crippen molar-refractivity contribution in [3.05, 3.63) is 24.0 Å². The van der Waals surface area contributed by atoms with Gasteiger partial charge in [-0.3, -0.25) is 4.74 Å². The molecular weight excluding hydrogens is 213 g/mol. The highest BCUT2D eigenvalue weighted by atomic mass is 19.4. The lowest BCUT2D eigenvalue weighted by molar-refractivity contribution is -0.353. The Morgan fingerprint density at radius 3 is 2.53 bits per heavy atom. The zero-order chi connectivity index (χ0) is 11.7. The molecule has 86 valence electrons. The molecule has 0 bridgehead atoms. The van der Waals surface area contributed by atoms with Crippen molar-refractivity contribution in [1.29, 1.82) is 0 Å². The Kier molecular flexibility index (Phi) is 3.11. The molecule has 0 spiro atoms. The molecular formula is C9H11F3O3. The number of hydrogen-bond donors (Lipinski definition) is 1. The number of allylic oxidation sites excluding steroid dienone is 2. The van der Waals surface area contributed by atoms with Gasteiger partial charge in [-0.2, -0.15) is 0 Å². The van der Waals surface area contributed by atoms with Gasteiger partial charge in [-0.25, -0.2) is 0 Å². The average molecular weight is 224 g/mol. The van der Waals surface area contributed by atoms with Gasteiger partial charge in [0.2, 0.25) is 0 Å². The average Bonchev–Trinajstić information content (AvgIpc) is 2.06. The Bertz CT molecular complexity index is 291. The van der Waals surface area contributed by atoms with Gasteiger partial charge < -0.3 is 9.84 Å². The summed E-state index contributed by atoms with van der Waals surface area (Å²) in [7, 11) is 1.22. The Morgan fingerprint density at radius 2 is 2.07 bits per heavy atom. The summed E-state index contributed by atoms with van der Waals surface area (Å²) < 4.78 is 44.7. The van der Waals surface area contributed by atoms with Crippen molar-refractivity contribution in [2.45, 2.75) is 25.0 Å². The lowest BCUT2D eigenvalue weighted by Crippen LogP contribution is -2.45. The largest absolute Gasteiger partial charge is 0.523 e. The molecule has 1 aliphatic carbocycles. The van der Waals surface area contributed by atoms with Crippen LogP contribution < -0.4 is 0 Å². The van der Waals surface area contributed by atoms with Crippen molar-refractivity contribution < 1.29 is 27.8 Å². The van der Waals surface area contributed by atoms with Crippen LogP contribution in [-0.4, -0.2) is 30.3 Å². The van der Waals surface area contributed by atoms with E-state index in [1.54, 1.807) is 0 Å².